The van der Waals surface area contributed by atoms with Gasteiger partial charge in [-0.25, -0.2) is 4.98 Å². The van der Waals surface area contributed by atoms with E-state index in [2.05, 4.69) is 15.6 Å². The fourth-order valence-corrected chi connectivity index (χ4v) is 3.36. The highest BCUT2D eigenvalue weighted by atomic mass is 16.5. The molecule has 0 saturated heterocycles. The van der Waals surface area contributed by atoms with Gasteiger partial charge in [-0.3, -0.25) is 9.59 Å². The molecule has 0 aliphatic carbocycles. The van der Waals surface area contributed by atoms with E-state index < -0.39 is 0 Å². The van der Waals surface area contributed by atoms with Crippen molar-refractivity contribution in [1.82, 2.24) is 14.7 Å². The van der Waals surface area contributed by atoms with E-state index in [4.69, 9.17) is 4.74 Å². The predicted molar refractivity (Wildman–Crippen MR) is 132 cm³/mol. The topological polar surface area (TPSA) is 84.7 Å². The quantitative estimate of drug-likeness (QED) is 0.401. The Balaban J connectivity index is 1.27. The van der Waals surface area contributed by atoms with Crippen molar-refractivity contribution in [1.29, 1.82) is 0 Å². The average Bonchev–Trinajstić information content (AvgIpc) is 3.24. The van der Waals surface area contributed by atoms with Crippen LogP contribution in [0, 0.1) is 12.8 Å². The highest BCUT2D eigenvalue weighted by Crippen LogP contribution is 2.16. The van der Waals surface area contributed by atoms with Crippen LogP contribution < -0.4 is 15.4 Å². The van der Waals surface area contributed by atoms with Crippen LogP contribution >= 0.6 is 0 Å². The number of aromatic nitrogens is 2. The van der Waals surface area contributed by atoms with Crippen molar-refractivity contribution >= 4 is 23.1 Å². The molecule has 2 N–H and O–H groups in total. The molecule has 174 valence electrons. The molecular weight excluding hydrogens is 428 g/mol. The Kier molecular flexibility index (Phi) is 6.92. The van der Waals surface area contributed by atoms with Gasteiger partial charge in [-0.1, -0.05) is 32.0 Å². The molecule has 2 heterocycles. The molecule has 4 aromatic rings. The van der Waals surface area contributed by atoms with Crippen molar-refractivity contribution in [3.05, 3.63) is 95.4 Å². The summed E-state index contributed by atoms with van der Waals surface area (Å²) in [6, 6.07) is 18.5. The van der Waals surface area contributed by atoms with Gasteiger partial charge in [0.2, 0.25) is 5.91 Å². The third-order valence-corrected chi connectivity index (χ3v) is 5.35. The maximum atomic E-state index is 12.5. The van der Waals surface area contributed by atoms with Crippen molar-refractivity contribution in [3.63, 3.8) is 0 Å². The molecule has 7 heteroatoms. The Labute approximate surface area is 198 Å². The van der Waals surface area contributed by atoms with E-state index in [1.807, 2.05) is 74.0 Å². The summed E-state index contributed by atoms with van der Waals surface area (Å²) in [5.74, 6) is 0.399. The lowest BCUT2D eigenvalue weighted by molar-refractivity contribution is -0.118. The molecule has 4 rings (SSSR count). The Bertz CT molecular complexity index is 1290. The zero-order valence-electron chi connectivity index (χ0n) is 19.5. The zero-order chi connectivity index (χ0) is 24.1. The average molecular weight is 457 g/mol. The van der Waals surface area contributed by atoms with Crippen LogP contribution in [0.5, 0.6) is 5.75 Å². The van der Waals surface area contributed by atoms with Gasteiger partial charge in [0.15, 0.2) is 0 Å². The van der Waals surface area contributed by atoms with E-state index in [9.17, 15) is 9.59 Å². The number of fused-ring (bicyclic) bond motifs is 1. The molecule has 0 aliphatic heterocycles. The van der Waals surface area contributed by atoms with Gasteiger partial charge >= 0.3 is 0 Å². The molecule has 0 radical (unpaired) electrons. The minimum atomic E-state index is -0.167. The molecule has 2 amide bonds. The number of amides is 2. The number of nitrogens with one attached hydrogen (secondary N) is 2. The molecule has 0 fully saturated rings. The van der Waals surface area contributed by atoms with E-state index in [0.29, 0.717) is 24.5 Å². The van der Waals surface area contributed by atoms with Crippen molar-refractivity contribution in [2.75, 3.05) is 5.32 Å². The van der Waals surface area contributed by atoms with E-state index in [-0.39, 0.29) is 17.7 Å². The number of anilines is 1. The molecule has 7 nitrogen and oxygen atoms in total. The zero-order valence-corrected chi connectivity index (χ0v) is 19.5. The number of pyridine rings is 1. The summed E-state index contributed by atoms with van der Waals surface area (Å²) in [5, 5.41) is 5.76. The molecule has 34 heavy (non-hydrogen) atoms. The molecule has 0 bridgehead atoms. The SMILES string of the molecule is Cc1ccc2nc(COc3ccc(C(=O)NCc4ccc(NC(=O)C(C)C)cc4)cc3)cn2c1. The lowest BCUT2D eigenvalue weighted by Gasteiger charge is -2.10. The Morgan fingerprint density at radius 3 is 2.41 bits per heavy atom. The third kappa shape index (κ3) is 5.81. The number of imidazole rings is 1. The summed E-state index contributed by atoms with van der Waals surface area (Å²) < 4.78 is 7.81. The maximum Gasteiger partial charge on any atom is 0.251 e. The number of ether oxygens (including phenoxy) is 1. The number of hydrogen-bond donors (Lipinski definition) is 2. The summed E-state index contributed by atoms with van der Waals surface area (Å²) in [4.78, 5) is 28.8. The molecule has 0 atom stereocenters. The van der Waals surface area contributed by atoms with Gasteiger partial charge in [0.25, 0.3) is 5.91 Å². The number of benzene rings is 2. The van der Waals surface area contributed by atoms with Gasteiger partial charge in [0, 0.05) is 36.1 Å². The van der Waals surface area contributed by atoms with Crippen LogP contribution in [0.2, 0.25) is 0 Å². The highest BCUT2D eigenvalue weighted by molar-refractivity contribution is 5.94. The van der Waals surface area contributed by atoms with Gasteiger partial charge in [0.05, 0.1) is 5.69 Å². The summed E-state index contributed by atoms with van der Waals surface area (Å²) in [6.07, 6.45) is 3.98. The predicted octanol–water partition coefficient (Wildman–Crippen LogP) is 4.75. The van der Waals surface area contributed by atoms with Gasteiger partial charge < -0.3 is 19.8 Å². The standard InChI is InChI=1S/C27H28N4O3/c1-18(2)26(32)30-22-9-5-20(6-10-22)14-28-27(33)21-7-11-24(12-8-21)34-17-23-16-31-15-19(3)4-13-25(31)29-23/h4-13,15-16,18H,14,17H2,1-3H3,(H,28,33)(H,30,32). The number of nitrogens with zero attached hydrogens (tertiary/aromatic N) is 2. The number of rotatable bonds is 8. The maximum absolute atomic E-state index is 12.5. The summed E-state index contributed by atoms with van der Waals surface area (Å²) >= 11 is 0. The lowest BCUT2D eigenvalue weighted by atomic mass is 10.1. The number of aryl methyl sites for hydroxylation is 1. The molecule has 2 aromatic carbocycles. The van der Waals surface area contributed by atoms with Crippen LogP contribution in [0.15, 0.2) is 73.1 Å². The van der Waals surface area contributed by atoms with Crippen LogP contribution in [0.1, 0.15) is 41.0 Å². The molecule has 0 saturated carbocycles. The fourth-order valence-electron chi connectivity index (χ4n) is 3.36. The molecule has 2 aromatic heterocycles. The summed E-state index contributed by atoms with van der Waals surface area (Å²) in [6.45, 7) is 6.47. The van der Waals surface area contributed by atoms with Crippen LogP contribution in [-0.2, 0) is 17.9 Å². The first-order valence-electron chi connectivity index (χ1n) is 11.2. The number of carbonyl (C=O) groups excluding carboxylic acids is 2. The van der Waals surface area contributed by atoms with Gasteiger partial charge in [-0.15, -0.1) is 0 Å². The molecule has 0 unspecified atom stereocenters. The molecular formula is C27H28N4O3. The number of hydrogen-bond acceptors (Lipinski definition) is 4. The van der Waals surface area contributed by atoms with Crippen LogP contribution in [0.3, 0.4) is 0 Å². The van der Waals surface area contributed by atoms with Gasteiger partial charge in [-0.05, 0) is 60.5 Å². The van der Waals surface area contributed by atoms with Crippen molar-refractivity contribution in [2.24, 2.45) is 5.92 Å². The first kappa shape index (κ1) is 23.0. The van der Waals surface area contributed by atoms with Crippen LogP contribution in [0.4, 0.5) is 5.69 Å². The first-order chi connectivity index (χ1) is 16.4. The molecule has 0 spiro atoms. The Morgan fingerprint density at radius 2 is 1.71 bits per heavy atom. The summed E-state index contributed by atoms with van der Waals surface area (Å²) in [7, 11) is 0. The second-order valence-corrected chi connectivity index (χ2v) is 8.54. The second kappa shape index (κ2) is 10.2. The van der Waals surface area contributed by atoms with Crippen LogP contribution in [-0.4, -0.2) is 21.2 Å². The van der Waals surface area contributed by atoms with E-state index in [1.54, 1.807) is 24.3 Å². The van der Waals surface area contributed by atoms with E-state index >= 15 is 0 Å². The van der Waals surface area contributed by atoms with Crippen molar-refractivity contribution in [2.45, 2.75) is 33.9 Å². The lowest BCUT2D eigenvalue weighted by Crippen LogP contribution is -2.22. The smallest absolute Gasteiger partial charge is 0.251 e. The monoisotopic (exact) mass is 456 g/mol. The van der Waals surface area contributed by atoms with Gasteiger partial charge in [-0.2, -0.15) is 0 Å². The number of carbonyl (C=O) groups is 2. The minimum absolute atomic E-state index is 0.0260. The fraction of sp³-hybridized carbons (Fsp3) is 0.222. The van der Waals surface area contributed by atoms with Crippen molar-refractivity contribution < 1.29 is 14.3 Å². The largest absolute Gasteiger partial charge is 0.487 e. The Hall–Kier alpha value is -4.13. The van der Waals surface area contributed by atoms with E-state index in [0.717, 1.165) is 22.6 Å². The first-order valence-corrected chi connectivity index (χ1v) is 11.2. The molecule has 0 aliphatic rings. The third-order valence-electron chi connectivity index (χ3n) is 5.35. The van der Waals surface area contributed by atoms with Gasteiger partial charge in [0.1, 0.15) is 18.0 Å². The Morgan fingerprint density at radius 1 is 0.971 bits per heavy atom. The van der Waals surface area contributed by atoms with E-state index in [1.165, 1.54) is 5.56 Å². The second-order valence-electron chi connectivity index (χ2n) is 8.54. The normalized spacial score (nSPS) is 10.9. The summed E-state index contributed by atoms with van der Waals surface area (Å²) in [5.41, 5.74) is 5.12. The van der Waals surface area contributed by atoms with Crippen molar-refractivity contribution in [3.8, 4) is 5.75 Å². The minimum Gasteiger partial charge on any atom is -0.487 e. The van der Waals surface area contributed by atoms with Crippen LogP contribution in [0.25, 0.3) is 5.65 Å². The highest BCUT2D eigenvalue weighted by Gasteiger charge is 2.09.